The molecule has 1 heterocycles. The molecule has 0 amide bonds. The topological polar surface area (TPSA) is 86.1 Å². The third-order valence-corrected chi connectivity index (χ3v) is 6.02. The number of ether oxygens (including phenoxy) is 1. The first-order chi connectivity index (χ1) is 13.9. The third kappa shape index (κ3) is 3.90. The molecule has 0 aliphatic carbocycles. The molecule has 0 radical (unpaired) electrons. The maximum Gasteiger partial charge on any atom is 0.261 e. The van der Waals surface area contributed by atoms with Gasteiger partial charge in [-0.25, -0.2) is 8.42 Å². The number of anilines is 1. The zero-order chi connectivity index (χ0) is 20.6. The second-order valence-electron chi connectivity index (χ2n) is 6.43. The fraction of sp³-hybridized carbons (Fsp3) is 0.100. The van der Waals surface area contributed by atoms with Crippen molar-refractivity contribution in [1.82, 2.24) is 15.0 Å². The quantitative estimate of drug-likeness (QED) is 0.515. The Bertz CT molecular complexity index is 1300. The van der Waals surface area contributed by atoms with Crippen molar-refractivity contribution in [3.8, 4) is 11.4 Å². The van der Waals surface area contributed by atoms with Crippen LogP contribution >= 0.6 is 11.6 Å². The summed E-state index contributed by atoms with van der Waals surface area (Å²) in [6, 6.07) is 16.8. The molecule has 1 N–H and O–H groups in total. The lowest BCUT2D eigenvalue weighted by Gasteiger charge is -2.08. The zero-order valence-electron chi connectivity index (χ0n) is 15.6. The molecule has 148 valence electrons. The Hall–Kier alpha value is -3.10. The second kappa shape index (κ2) is 7.38. The Balaban J connectivity index is 1.65. The van der Waals surface area contributed by atoms with E-state index in [9.17, 15) is 8.42 Å². The molecule has 0 saturated carbocycles. The van der Waals surface area contributed by atoms with E-state index in [0.29, 0.717) is 33.2 Å². The Morgan fingerprint density at radius 2 is 1.69 bits per heavy atom. The van der Waals surface area contributed by atoms with E-state index in [4.69, 9.17) is 16.3 Å². The zero-order valence-corrected chi connectivity index (χ0v) is 17.2. The van der Waals surface area contributed by atoms with E-state index >= 15 is 0 Å². The summed E-state index contributed by atoms with van der Waals surface area (Å²) in [5.74, 6) is 0.555. The minimum atomic E-state index is -3.69. The van der Waals surface area contributed by atoms with E-state index in [2.05, 4.69) is 14.9 Å². The molecule has 9 heteroatoms. The predicted molar refractivity (Wildman–Crippen MR) is 112 cm³/mol. The number of halogens is 1. The highest BCUT2D eigenvalue weighted by atomic mass is 35.5. The Morgan fingerprint density at radius 1 is 0.966 bits per heavy atom. The van der Waals surface area contributed by atoms with Crippen LogP contribution in [0, 0.1) is 6.92 Å². The van der Waals surface area contributed by atoms with Crippen molar-refractivity contribution in [3.63, 3.8) is 0 Å². The van der Waals surface area contributed by atoms with Crippen molar-refractivity contribution in [2.75, 3.05) is 11.8 Å². The van der Waals surface area contributed by atoms with Crippen LogP contribution in [0.1, 0.15) is 5.56 Å². The van der Waals surface area contributed by atoms with Gasteiger partial charge in [0.2, 0.25) is 0 Å². The Kier molecular flexibility index (Phi) is 4.89. The van der Waals surface area contributed by atoms with E-state index < -0.39 is 10.0 Å². The van der Waals surface area contributed by atoms with Gasteiger partial charge in [-0.2, -0.15) is 4.80 Å². The first kappa shape index (κ1) is 19.2. The first-order valence-corrected chi connectivity index (χ1v) is 10.5. The van der Waals surface area contributed by atoms with Crippen molar-refractivity contribution in [3.05, 3.63) is 71.2 Å². The summed E-state index contributed by atoms with van der Waals surface area (Å²) in [6.45, 7) is 1.90. The van der Waals surface area contributed by atoms with E-state index in [-0.39, 0.29) is 4.90 Å². The molecule has 0 spiro atoms. The molecule has 4 aromatic rings. The number of fused-ring (bicyclic) bond motifs is 1. The van der Waals surface area contributed by atoms with Crippen LogP contribution in [-0.4, -0.2) is 30.5 Å². The van der Waals surface area contributed by atoms with Gasteiger partial charge in [0.05, 0.1) is 28.4 Å². The van der Waals surface area contributed by atoms with E-state index in [1.54, 1.807) is 67.8 Å². The Labute approximate surface area is 172 Å². The van der Waals surface area contributed by atoms with Crippen molar-refractivity contribution < 1.29 is 13.2 Å². The number of hydrogen-bond donors (Lipinski definition) is 1. The van der Waals surface area contributed by atoms with Gasteiger partial charge in [0, 0.05) is 0 Å². The molecular weight excluding hydrogens is 412 g/mol. The van der Waals surface area contributed by atoms with Crippen LogP contribution in [0.3, 0.4) is 0 Å². The smallest absolute Gasteiger partial charge is 0.261 e. The molecule has 0 atom stereocenters. The molecule has 1 aromatic heterocycles. The molecule has 3 aromatic carbocycles. The van der Waals surface area contributed by atoms with E-state index in [0.717, 1.165) is 5.56 Å². The van der Waals surface area contributed by atoms with Crippen molar-refractivity contribution in [2.24, 2.45) is 0 Å². The first-order valence-electron chi connectivity index (χ1n) is 8.66. The van der Waals surface area contributed by atoms with Crippen LogP contribution in [0.4, 0.5) is 5.69 Å². The molecule has 0 unspecified atom stereocenters. The third-order valence-electron chi connectivity index (χ3n) is 4.33. The molecule has 29 heavy (non-hydrogen) atoms. The van der Waals surface area contributed by atoms with Gasteiger partial charge in [0.25, 0.3) is 10.0 Å². The standard InChI is InChI=1S/C20H17ClN4O3S/c1-13-3-7-16(8-4-13)29(26,27)24-14-5-9-18-19(11-14)23-25(22-18)15-6-10-20(28-2)17(21)12-15/h3-12,24H,1-2H3. The summed E-state index contributed by atoms with van der Waals surface area (Å²) in [7, 11) is -2.15. The minimum Gasteiger partial charge on any atom is -0.495 e. The summed E-state index contributed by atoms with van der Waals surface area (Å²) in [5.41, 5.74) is 3.21. The second-order valence-corrected chi connectivity index (χ2v) is 8.52. The maximum absolute atomic E-state index is 12.6. The van der Waals surface area contributed by atoms with E-state index in [1.165, 1.54) is 4.80 Å². The lowest BCUT2D eigenvalue weighted by atomic mass is 10.2. The number of sulfonamides is 1. The van der Waals surface area contributed by atoms with Crippen LogP contribution in [0.25, 0.3) is 16.7 Å². The van der Waals surface area contributed by atoms with Crippen LogP contribution in [0.5, 0.6) is 5.75 Å². The van der Waals surface area contributed by atoms with Gasteiger partial charge in [0.15, 0.2) is 0 Å². The van der Waals surface area contributed by atoms with Gasteiger partial charge in [-0.1, -0.05) is 29.3 Å². The van der Waals surface area contributed by atoms with Gasteiger partial charge in [-0.15, -0.1) is 10.2 Å². The lowest BCUT2D eigenvalue weighted by Crippen LogP contribution is -2.12. The largest absolute Gasteiger partial charge is 0.495 e. The minimum absolute atomic E-state index is 0.194. The number of hydrogen-bond acceptors (Lipinski definition) is 5. The summed E-state index contributed by atoms with van der Waals surface area (Å²) >= 11 is 6.17. The van der Waals surface area contributed by atoms with Gasteiger partial charge in [-0.3, -0.25) is 4.72 Å². The summed E-state index contributed by atoms with van der Waals surface area (Å²) < 4.78 is 32.9. The lowest BCUT2D eigenvalue weighted by molar-refractivity contribution is 0.415. The molecule has 7 nitrogen and oxygen atoms in total. The number of aromatic nitrogens is 3. The highest BCUT2D eigenvalue weighted by Crippen LogP contribution is 2.27. The van der Waals surface area contributed by atoms with Crippen LogP contribution in [0.2, 0.25) is 5.02 Å². The number of aryl methyl sites for hydroxylation is 1. The number of nitrogens with one attached hydrogen (secondary N) is 1. The summed E-state index contributed by atoms with van der Waals surface area (Å²) in [5, 5.41) is 9.28. The average Bonchev–Trinajstić information content (AvgIpc) is 3.11. The highest BCUT2D eigenvalue weighted by Gasteiger charge is 2.15. The highest BCUT2D eigenvalue weighted by molar-refractivity contribution is 7.92. The van der Waals surface area contributed by atoms with Gasteiger partial charge in [0.1, 0.15) is 16.8 Å². The van der Waals surface area contributed by atoms with Crippen LogP contribution in [-0.2, 0) is 10.0 Å². The van der Waals surface area contributed by atoms with Crippen molar-refractivity contribution in [2.45, 2.75) is 11.8 Å². The number of methoxy groups -OCH3 is 1. The molecule has 0 aliphatic heterocycles. The fourth-order valence-corrected chi connectivity index (χ4v) is 4.11. The van der Waals surface area contributed by atoms with Crippen LogP contribution < -0.4 is 9.46 Å². The Morgan fingerprint density at radius 3 is 2.38 bits per heavy atom. The molecular formula is C20H17ClN4O3S. The maximum atomic E-state index is 12.6. The van der Waals surface area contributed by atoms with Gasteiger partial charge < -0.3 is 4.74 Å². The molecule has 4 rings (SSSR count). The molecule has 0 bridgehead atoms. The molecule has 0 saturated heterocycles. The summed E-state index contributed by atoms with van der Waals surface area (Å²) in [6.07, 6.45) is 0. The van der Waals surface area contributed by atoms with Gasteiger partial charge >= 0.3 is 0 Å². The molecule has 0 fully saturated rings. The van der Waals surface area contributed by atoms with Crippen LogP contribution in [0.15, 0.2) is 65.6 Å². The predicted octanol–water partition coefficient (Wildman–Crippen LogP) is 4.19. The average molecular weight is 429 g/mol. The van der Waals surface area contributed by atoms with Crippen molar-refractivity contribution >= 4 is 38.3 Å². The fourth-order valence-electron chi connectivity index (χ4n) is 2.80. The van der Waals surface area contributed by atoms with Gasteiger partial charge in [-0.05, 0) is 55.5 Å². The normalized spacial score (nSPS) is 11.6. The number of nitrogens with zero attached hydrogens (tertiary/aromatic N) is 3. The monoisotopic (exact) mass is 428 g/mol. The summed E-state index contributed by atoms with van der Waals surface area (Å²) in [4.78, 5) is 1.63. The van der Waals surface area contributed by atoms with Crippen molar-refractivity contribution in [1.29, 1.82) is 0 Å². The SMILES string of the molecule is COc1ccc(-n2nc3ccc(NS(=O)(=O)c4ccc(C)cc4)cc3n2)cc1Cl. The van der Waals surface area contributed by atoms with E-state index in [1.807, 2.05) is 6.92 Å². The molecule has 0 aliphatic rings. The number of rotatable bonds is 5. The number of benzene rings is 3.